The third-order valence-electron chi connectivity index (χ3n) is 3.12. The highest BCUT2D eigenvalue weighted by atomic mass is 16.4. The molecule has 2 aromatic rings. The molecule has 102 valence electrons. The van der Waals surface area contributed by atoms with Crippen molar-refractivity contribution in [3.05, 3.63) is 24.3 Å². The molecule has 0 aliphatic rings. The summed E-state index contributed by atoms with van der Waals surface area (Å²) in [6.07, 6.45) is 2.16. The lowest BCUT2D eigenvalue weighted by Gasteiger charge is -2.18. The van der Waals surface area contributed by atoms with E-state index in [-0.39, 0.29) is 6.54 Å². The molecule has 0 radical (unpaired) electrons. The maximum absolute atomic E-state index is 11.0. The van der Waals surface area contributed by atoms with E-state index in [9.17, 15) is 4.79 Å². The van der Waals surface area contributed by atoms with Crippen molar-refractivity contribution >= 4 is 23.0 Å². The Balaban J connectivity index is 2.43. The average Bonchev–Trinajstić information content (AvgIpc) is 2.74. The summed E-state index contributed by atoms with van der Waals surface area (Å²) in [6.45, 7) is 2.94. The van der Waals surface area contributed by atoms with Crippen LogP contribution < -0.4 is 4.90 Å². The largest absolute Gasteiger partial charge is 0.480 e. The van der Waals surface area contributed by atoms with Gasteiger partial charge in [-0.05, 0) is 18.6 Å². The summed E-state index contributed by atoms with van der Waals surface area (Å²) in [7, 11) is 1.95. The van der Waals surface area contributed by atoms with E-state index in [2.05, 4.69) is 11.9 Å². The van der Waals surface area contributed by atoms with Crippen molar-refractivity contribution in [3.8, 4) is 0 Å². The average molecular weight is 261 g/mol. The van der Waals surface area contributed by atoms with Crippen molar-refractivity contribution in [1.82, 2.24) is 9.55 Å². The molecule has 0 aliphatic carbocycles. The molecule has 1 aromatic carbocycles. The molecule has 19 heavy (non-hydrogen) atoms. The first-order valence-electron chi connectivity index (χ1n) is 6.51. The third-order valence-corrected chi connectivity index (χ3v) is 3.12. The van der Waals surface area contributed by atoms with Crippen LogP contribution in [0, 0.1) is 0 Å². The lowest BCUT2D eigenvalue weighted by molar-refractivity contribution is -0.137. The Bertz CT molecular complexity index is 577. The minimum absolute atomic E-state index is 0.0632. The van der Waals surface area contributed by atoms with Crippen molar-refractivity contribution in [3.63, 3.8) is 0 Å². The molecule has 0 saturated heterocycles. The molecule has 0 saturated carbocycles. The molecule has 5 heteroatoms. The van der Waals surface area contributed by atoms with Crippen LogP contribution in [-0.2, 0) is 11.3 Å². The van der Waals surface area contributed by atoms with Gasteiger partial charge in [0.25, 0.3) is 0 Å². The minimum Gasteiger partial charge on any atom is -0.480 e. The first kappa shape index (κ1) is 13.4. The molecule has 0 fully saturated rings. The summed E-state index contributed by atoms with van der Waals surface area (Å²) >= 11 is 0. The highest BCUT2D eigenvalue weighted by Crippen LogP contribution is 2.22. The lowest BCUT2D eigenvalue weighted by Crippen LogP contribution is -2.24. The van der Waals surface area contributed by atoms with E-state index in [0.717, 1.165) is 36.4 Å². The van der Waals surface area contributed by atoms with E-state index in [1.54, 1.807) is 4.57 Å². The van der Waals surface area contributed by atoms with Crippen molar-refractivity contribution in [2.75, 3.05) is 18.5 Å². The second-order valence-corrected chi connectivity index (χ2v) is 4.66. The van der Waals surface area contributed by atoms with E-state index in [4.69, 9.17) is 5.11 Å². The molecule has 1 heterocycles. The van der Waals surface area contributed by atoms with Crippen LogP contribution in [0.1, 0.15) is 19.8 Å². The van der Waals surface area contributed by atoms with Gasteiger partial charge in [-0.3, -0.25) is 9.36 Å². The van der Waals surface area contributed by atoms with Crippen LogP contribution in [-0.4, -0.2) is 34.2 Å². The standard InChI is InChI=1S/C14H19N3O2/c1-3-4-9-16(2)14-15-11-7-5-6-8-12(11)17(14)10-13(18)19/h5-8H,3-4,9-10H2,1-2H3,(H,18,19). The highest BCUT2D eigenvalue weighted by Gasteiger charge is 2.15. The predicted octanol–water partition coefficient (Wildman–Crippen LogP) is 2.36. The number of aromatic nitrogens is 2. The maximum Gasteiger partial charge on any atom is 0.323 e. The third kappa shape index (κ3) is 2.86. The normalized spacial score (nSPS) is 10.8. The summed E-state index contributed by atoms with van der Waals surface area (Å²) in [5, 5.41) is 9.06. The van der Waals surface area contributed by atoms with Gasteiger partial charge < -0.3 is 10.0 Å². The SMILES string of the molecule is CCCCN(C)c1nc2ccccc2n1CC(=O)O. The van der Waals surface area contributed by atoms with E-state index < -0.39 is 5.97 Å². The number of rotatable bonds is 6. The monoisotopic (exact) mass is 261 g/mol. The molecule has 0 spiro atoms. The Labute approximate surface area is 112 Å². The van der Waals surface area contributed by atoms with Crippen LogP contribution in [0.15, 0.2) is 24.3 Å². The van der Waals surface area contributed by atoms with E-state index in [1.807, 2.05) is 36.2 Å². The smallest absolute Gasteiger partial charge is 0.323 e. The van der Waals surface area contributed by atoms with Gasteiger partial charge in [0.05, 0.1) is 11.0 Å². The van der Waals surface area contributed by atoms with Crippen LogP contribution in [0.5, 0.6) is 0 Å². The molecule has 5 nitrogen and oxygen atoms in total. The van der Waals surface area contributed by atoms with Gasteiger partial charge in [0.15, 0.2) is 0 Å². The van der Waals surface area contributed by atoms with Crippen molar-refractivity contribution in [2.45, 2.75) is 26.3 Å². The van der Waals surface area contributed by atoms with Crippen molar-refractivity contribution in [2.24, 2.45) is 0 Å². The summed E-state index contributed by atoms with van der Waals surface area (Å²) < 4.78 is 1.76. The van der Waals surface area contributed by atoms with E-state index >= 15 is 0 Å². The number of nitrogens with zero attached hydrogens (tertiary/aromatic N) is 3. The summed E-state index contributed by atoms with van der Waals surface area (Å²) in [6, 6.07) is 7.63. The van der Waals surface area contributed by atoms with Gasteiger partial charge in [0.1, 0.15) is 6.54 Å². The van der Waals surface area contributed by atoms with Gasteiger partial charge in [-0.2, -0.15) is 0 Å². The minimum atomic E-state index is -0.853. The first-order valence-corrected chi connectivity index (χ1v) is 6.51. The number of aliphatic carboxylic acids is 1. The van der Waals surface area contributed by atoms with Crippen LogP contribution in [0.2, 0.25) is 0 Å². The molecule has 0 bridgehead atoms. The number of benzene rings is 1. The zero-order valence-corrected chi connectivity index (χ0v) is 11.3. The van der Waals surface area contributed by atoms with Gasteiger partial charge in [0, 0.05) is 13.6 Å². The number of imidazole rings is 1. The number of fused-ring (bicyclic) bond motifs is 1. The Morgan fingerprint density at radius 2 is 2.16 bits per heavy atom. The molecule has 0 amide bonds. The second kappa shape index (κ2) is 5.73. The van der Waals surface area contributed by atoms with Crippen LogP contribution in [0.3, 0.4) is 0 Å². The quantitative estimate of drug-likeness (QED) is 0.867. The van der Waals surface area contributed by atoms with Crippen LogP contribution in [0.25, 0.3) is 11.0 Å². The van der Waals surface area contributed by atoms with Crippen LogP contribution >= 0.6 is 0 Å². The molecule has 0 atom stereocenters. The zero-order chi connectivity index (χ0) is 13.8. The van der Waals surface area contributed by atoms with E-state index in [0.29, 0.717) is 0 Å². The number of carboxylic acids is 1. The van der Waals surface area contributed by atoms with Crippen molar-refractivity contribution < 1.29 is 9.90 Å². The Morgan fingerprint density at radius 3 is 2.84 bits per heavy atom. The van der Waals surface area contributed by atoms with Gasteiger partial charge >= 0.3 is 5.97 Å². The van der Waals surface area contributed by atoms with Crippen molar-refractivity contribution in [1.29, 1.82) is 0 Å². The number of unbranched alkanes of at least 4 members (excludes halogenated alkanes) is 1. The fourth-order valence-corrected chi connectivity index (χ4v) is 2.14. The number of hydrogen-bond acceptors (Lipinski definition) is 3. The number of carboxylic acid groups (broad SMARTS) is 1. The van der Waals surface area contributed by atoms with Gasteiger partial charge in [0.2, 0.25) is 5.95 Å². The second-order valence-electron chi connectivity index (χ2n) is 4.66. The predicted molar refractivity (Wildman–Crippen MR) is 75.5 cm³/mol. The Kier molecular flexibility index (Phi) is 4.04. The summed E-state index contributed by atoms with van der Waals surface area (Å²) in [4.78, 5) is 17.6. The zero-order valence-electron chi connectivity index (χ0n) is 11.3. The number of hydrogen-bond donors (Lipinski definition) is 1. The molecular formula is C14H19N3O2. The summed E-state index contributed by atoms with van der Waals surface area (Å²) in [5.74, 6) is -0.134. The topological polar surface area (TPSA) is 58.4 Å². The fraction of sp³-hybridized carbons (Fsp3) is 0.429. The summed E-state index contributed by atoms with van der Waals surface area (Å²) in [5.41, 5.74) is 1.70. The molecule has 0 aliphatic heterocycles. The number of para-hydroxylation sites is 2. The Morgan fingerprint density at radius 1 is 1.42 bits per heavy atom. The lowest BCUT2D eigenvalue weighted by atomic mass is 10.3. The molecule has 1 N–H and O–H groups in total. The number of carbonyl (C=O) groups is 1. The molecular weight excluding hydrogens is 242 g/mol. The highest BCUT2D eigenvalue weighted by molar-refractivity contribution is 5.81. The van der Waals surface area contributed by atoms with Gasteiger partial charge in [-0.1, -0.05) is 25.5 Å². The van der Waals surface area contributed by atoms with Gasteiger partial charge in [-0.15, -0.1) is 0 Å². The fourth-order valence-electron chi connectivity index (χ4n) is 2.14. The van der Waals surface area contributed by atoms with E-state index in [1.165, 1.54) is 0 Å². The number of anilines is 1. The Hall–Kier alpha value is -2.04. The first-order chi connectivity index (χ1) is 9.13. The maximum atomic E-state index is 11.0. The molecule has 2 rings (SSSR count). The molecule has 0 unspecified atom stereocenters. The van der Waals surface area contributed by atoms with Crippen LogP contribution in [0.4, 0.5) is 5.95 Å². The van der Waals surface area contributed by atoms with Gasteiger partial charge in [-0.25, -0.2) is 4.98 Å². The molecule has 1 aromatic heterocycles.